The van der Waals surface area contributed by atoms with Crippen molar-refractivity contribution in [1.29, 1.82) is 0 Å². The van der Waals surface area contributed by atoms with Crippen LogP contribution >= 0.6 is 11.6 Å². The summed E-state index contributed by atoms with van der Waals surface area (Å²) in [4.78, 5) is 10.8. The molecule has 8 heteroatoms. The van der Waals surface area contributed by atoms with Crippen molar-refractivity contribution in [2.75, 3.05) is 37.2 Å². The zero-order chi connectivity index (χ0) is 18.1. The number of rotatable bonds is 2. The molecule has 138 valence electrons. The summed E-state index contributed by atoms with van der Waals surface area (Å²) in [6, 6.07) is 5.75. The lowest BCUT2D eigenvalue weighted by Gasteiger charge is -2.32. The number of nitrogens with two attached hydrogens (primary N) is 1. The summed E-state index contributed by atoms with van der Waals surface area (Å²) in [5.41, 5.74) is 8.60. The maximum Gasteiger partial charge on any atom is 0.222 e. The van der Waals surface area contributed by atoms with Crippen LogP contribution < -0.4 is 15.4 Å². The Labute approximate surface area is 157 Å². The van der Waals surface area contributed by atoms with Gasteiger partial charge in [0.15, 0.2) is 6.79 Å². The highest BCUT2D eigenvalue weighted by Crippen LogP contribution is 2.38. The van der Waals surface area contributed by atoms with Gasteiger partial charge in [-0.25, -0.2) is 4.98 Å². The maximum absolute atomic E-state index is 6.61. The first-order chi connectivity index (χ1) is 12.6. The Kier molecular flexibility index (Phi) is 4.84. The van der Waals surface area contributed by atoms with Crippen LogP contribution in [0.5, 0.6) is 5.75 Å². The Bertz CT molecular complexity index is 797. The topological polar surface area (TPSA) is 82.7 Å². The minimum Gasteiger partial charge on any atom is -0.467 e. The number of aromatic nitrogens is 2. The van der Waals surface area contributed by atoms with Crippen LogP contribution in [0, 0.1) is 6.92 Å². The zero-order valence-electron chi connectivity index (χ0n) is 14.6. The van der Waals surface area contributed by atoms with E-state index >= 15 is 0 Å². The van der Waals surface area contributed by atoms with Gasteiger partial charge >= 0.3 is 0 Å². The molecule has 1 unspecified atom stereocenters. The molecule has 0 spiro atoms. The average molecular weight is 377 g/mol. The number of fused-ring (bicyclic) bond motifs is 1. The van der Waals surface area contributed by atoms with Gasteiger partial charge in [-0.3, -0.25) is 0 Å². The average Bonchev–Trinajstić information content (AvgIpc) is 2.86. The van der Waals surface area contributed by atoms with E-state index in [1.807, 2.05) is 25.1 Å². The highest BCUT2D eigenvalue weighted by molar-refractivity contribution is 6.31. The predicted octanol–water partition coefficient (Wildman–Crippen LogP) is 2.86. The summed E-state index contributed by atoms with van der Waals surface area (Å²) in [7, 11) is 0. The van der Waals surface area contributed by atoms with E-state index in [1.165, 1.54) is 0 Å². The Morgan fingerprint density at radius 1 is 1.23 bits per heavy atom. The number of anilines is 2. The fraction of sp³-hybridized carbons (Fsp3) is 0.444. The minimum absolute atomic E-state index is 0.0876. The van der Waals surface area contributed by atoms with Crippen LogP contribution in [0.2, 0.25) is 5.02 Å². The maximum atomic E-state index is 6.61. The SMILES string of the molecule is Cc1cc(N2CCCOCC2c2cc3c(cc2Cl)COCO3)nc(N)n1. The number of nitrogens with zero attached hydrogens (tertiary/aromatic N) is 3. The molecule has 2 aliphatic rings. The lowest BCUT2D eigenvalue weighted by Crippen LogP contribution is -2.32. The van der Waals surface area contributed by atoms with Crippen LogP contribution in [0.15, 0.2) is 18.2 Å². The standard InChI is InChI=1S/C18H21ClN4O3/c1-11-5-17(22-18(20)21-11)23-3-2-4-24-9-15(23)13-7-16-12(6-14(13)19)8-25-10-26-16/h5-7,15H,2-4,8-10H2,1H3,(H2,20,21,22). The monoisotopic (exact) mass is 376 g/mol. The summed E-state index contributed by atoms with van der Waals surface area (Å²) in [5, 5.41) is 0.664. The van der Waals surface area contributed by atoms with E-state index in [1.54, 1.807) is 0 Å². The molecule has 2 aliphatic heterocycles. The summed E-state index contributed by atoms with van der Waals surface area (Å²) in [5.74, 6) is 1.85. The third-order valence-electron chi connectivity index (χ3n) is 4.59. The van der Waals surface area contributed by atoms with Gasteiger partial charge < -0.3 is 24.8 Å². The molecule has 0 aliphatic carbocycles. The van der Waals surface area contributed by atoms with Crippen molar-refractivity contribution in [3.8, 4) is 5.75 Å². The normalized spacial score (nSPS) is 20.2. The van der Waals surface area contributed by atoms with Gasteiger partial charge in [0.2, 0.25) is 5.95 Å². The zero-order valence-corrected chi connectivity index (χ0v) is 15.3. The van der Waals surface area contributed by atoms with Crippen molar-refractivity contribution < 1.29 is 14.2 Å². The molecule has 26 heavy (non-hydrogen) atoms. The van der Waals surface area contributed by atoms with Gasteiger partial charge in [-0.2, -0.15) is 4.98 Å². The third-order valence-corrected chi connectivity index (χ3v) is 4.91. The molecule has 0 radical (unpaired) electrons. The number of aryl methyl sites for hydroxylation is 1. The number of halogens is 1. The van der Waals surface area contributed by atoms with Gasteiger partial charge in [0.05, 0.1) is 19.3 Å². The Morgan fingerprint density at radius 2 is 2.12 bits per heavy atom. The Morgan fingerprint density at radius 3 is 2.96 bits per heavy atom. The molecule has 1 fully saturated rings. The first kappa shape index (κ1) is 17.3. The van der Waals surface area contributed by atoms with E-state index in [0.717, 1.165) is 41.4 Å². The minimum atomic E-state index is -0.0876. The lowest BCUT2D eigenvalue weighted by molar-refractivity contribution is -0.0164. The number of benzene rings is 1. The molecule has 1 aromatic carbocycles. The van der Waals surface area contributed by atoms with Crippen LogP contribution in [0.1, 0.15) is 29.3 Å². The smallest absolute Gasteiger partial charge is 0.222 e. The molecule has 4 rings (SSSR count). The first-order valence-electron chi connectivity index (χ1n) is 8.60. The second-order valence-corrected chi connectivity index (χ2v) is 6.86. The largest absolute Gasteiger partial charge is 0.467 e. The second-order valence-electron chi connectivity index (χ2n) is 6.46. The van der Waals surface area contributed by atoms with Crippen molar-refractivity contribution in [3.63, 3.8) is 0 Å². The quantitative estimate of drug-likeness (QED) is 0.862. The Hall–Kier alpha value is -2.09. The number of nitrogen functional groups attached to an aromatic ring is 1. The van der Waals surface area contributed by atoms with Crippen LogP contribution in [0.25, 0.3) is 0 Å². The van der Waals surface area contributed by atoms with Crippen LogP contribution in [-0.4, -0.2) is 36.5 Å². The second kappa shape index (κ2) is 7.26. The van der Waals surface area contributed by atoms with Gasteiger partial charge in [-0.05, 0) is 31.0 Å². The van der Waals surface area contributed by atoms with E-state index in [0.29, 0.717) is 24.8 Å². The van der Waals surface area contributed by atoms with Crippen molar-refractivity contribution in [2.24, 2.45) is 0 Å². The van der Waals surface area contributed by atoms with Gasteiger partial charge in [0, 0.05) is 35.5 Å². The molecule has 1 atom stereocenters. The van der Waals surface area contributed by atoms with Gasteiger partial charge in [-0.1, -0.05) is 11.6 Å². The van der Waals surface area contributed by atoms with Gasteiger partial charge in [-0.15, -0.1) is 0 Å². The molecular formula is C18H21ClN4O3. The Balaban J connectivity index is 1.76. The first-order valence-corrected chi connectivity index (χ1v) is 8.98. The fourth-order valence-corrected chi connectivity index (χ4v) is 3.71. The number of ether oxygens (including phenoxy) is 3. The molecule has 1 saturated heterocycles. The van der Waals surface area contributed by atoms with Crippen LogP contribution in [0.4, 0.5) is 11.8 Å². The molecule has 3 heterocycles. The summed E-state index contributed by atoms with van der Waals surface area (Å²) < 4.78 is 16.8. The molecule has 2 N–H and O–H groups in total. The van der Waals surface area contributed by atoms with Gasteiger partial charge in [0.25, 0.3) is 0 Å². The molecule has 1 aromatic heterocycles. The molecule has 0 saturated carbocycles. The van der Waals surface area contributed by atoms with Gasteiger partial charge in [0.1, 0.15) is 11.6 Å². The van der Waals surface area contributed by atoms with E-state index in [-0.39, 0.29) is 18.8 Å². The number of hydrogen-bond donors (Lipinski definition) is 1. The molecule has 7 nitrogen and oxygen atoms in total. The van der Waals surface area contributed by atoms with Crippen LogP contribution in [0.3, 0.4) is 0 Å². The number of hydrogen-bond acceptors (Lipinski definition) is 7. The summed E-state index contributed by atoms with van der Waals surface area (Å²) in [6.45, 7) is 4.66. The highest BCUT2D eigenvalue weighted by atomic mass is 35.5. The van der Waals surface area contributed by atoms with E-state index in [4.69, 9.17) is 31.5 Å². The van der Waals surface area contributed by atoms with Crippen molar-refractivity contribution in [1.82, 2.24) is 9.97 Å². The van der Waals surface area contributed by atoms with Crippen LogP contribution in [-0.2, 0) is 16.1 Å². The van der Waals surface area contributed by atoms with E-state index in [9.17, 15) is 0 Å². The fourth-order valence-electron chi connectivity index (χ4n) is 3.40. The molecule has 0 amide bonds. The third kappa shape index (κ3) is 3.42. The lowest BCUT2D eigenvalue weighted by atomic mass is 10.0. The molecule has 2 aromatic rings. The highest BCUT2D eigenvalue weighted by Gasteiger charge is 2.28. The van der Waals surface area contributed by atoms with Crippen molar-refractivity contribution in [3.05, 3.63) is 40.0 Å². The predicted molar refractivity (Wildman–Crippen MR) is 98.4 cm³/mol. The van der Waals surface area contributed by atoms with E-state index < -0.39 is 0 Å². The van der Waals surface area contributed by atoms with E-state index in [2.05, 4.69) is 14.9 Å². The summed E-state index contributed by atoms with van der Waals surface area (Å²) in [6.07, 6.45) is 0.895. The molecular weight excluding hydrogens is 356 g/mol. The summed E-state index contributed by atoms with van der Waals surface area (Å²) >= 11 is 6.61. The van der Waals surface area contributed by atoms with Crippen molar-refractivity contribution in [2.45, 2.75) is 26.0 Å². The van der Waals surface area contributed by atoms with Crippen molar-refractivity contribution >= 4 is 23.4 Å². The molecule has 0 bridgehead atoms.